The topological polar surface area (TPSA) is 37.3 Å². The van der Waals surface area contributed by atoms with E-state index >= 15 is 0 Å². The molecule has 0 spiro atoms. The Morgan fingerprint density at radius 1 is 1.42 bits per heavy atom. The van der Waals surface area contributed by atoms with Crippen molar-refractivity contribution in [3.05, 3.63) is 0 Å². The van der Waals surface area contributed by atoms with E-state index in [-0.39, 0.29) is 5.92 Å². The third-order valence-corrected chi connectivity index (χ3v) is 3.91. The lowest BCUT2D eigenvalue weighted by molar-refractivity contribution is -0.138. The van der Waals surface area contributed by atoms with Crippen LogP contribution in [0.3, 0.4) is 0 Å². The van der Waals surface area contributed by atoms with Gasteiger partial charge in [-0.2, -0.15) is 0 Å². The molecule has 0 aromatic rings. The summed E-state index contributed by atoms with van der Waals surface area (Å²) in [6.45, 7) is 0. The van der Waals surface area contributed by atoms with E-state index in [1.807, 2.05) is 0 Å². The van der Waals surface area contributed by atoms with E-state index < -0.39 is 11.3 Å². The molecule has 0 saturated heterocycles. The molecule has 0 heterocycles. The van der Waals surface area contributed by atoms with Gasteiger partial charge >= 0.3 is 5.97 Å². The molecular formula is C9H13ClO2. The van der Waals surface area contributed by atoms with Gasteiger partial charge < -0.3 is 5.11 Å². The van der Waals surface area contributed by atoms with Gasteiger partial charge in [-0.3, -0.25) is 4.79 Å². The molecule has 2 nitrogen and oxygen atoms in total. The first-order valence-electron chi connectivity index (χ1n) is 4.55. The molecule has 1 unspecified atom stereocenters. The molecule has 0 amide bonds. The van der Waals surface area contributed by atoms with Crippen molar-refractivity contribution in [1.29, 1.82) is 0 Å². The number of aliphatic carboxylic acids is 1. The quantitative estimate of drug-likeness (QED) is 0.674. The van der Waals surface area contributed by atoms with E-state index in [2.05, 4.69) is 0 Å². The van der Waals surface area contributed by atoms with Crippen LogP contribution in [0.4, 0.5) is 0 Å². The van der Waals surface area contributed by atoms with Crippen LogP contribution >= 0.6 is 11.6 Å². The second-order valence-electron chi connectivity index (χ2n) is 4.08. The zero-order chi connectivity index (χ0) is 8.72. The fourth-order valence-corrected chi connectivity index (χ4v) is 3.14. The highest BCUT2D eigenvalue weighted by atomic mass is 35.5. The molecule has 3 heteroatoms. The molecule has 1 N–H and O–H groups in total. The second-order valence-corrected chi connectivity index (χ2v) is 4.55. The first kappa shape index (κ1) is 8.36. The first-order chi connectivity index (χ1) is 5.68. The van der Waals surface area contributed by atoms with Crippen molar-refractivity contribution in [3.63, 3.8) is 0 Å². The number of halogens is 1. The summed E-state index contributed by atoms with van der Waals surface area (Å²) in [5.41, 5.74) is 0. The third kappa shape index (κ3) is 1.22. The maximum Gasteiger partial charge on any atom is 0.321 e. The Kier molecular flexibility index (Phi) is 2.03. The van der Waals surface area contributed by atoms with Crippen molar-refractivity contribution in [2.24, 2.45) is 17.8 Å². The maximum absolute atomic E-state index is 10.6. The van der Waals surface area contributed by atoms with Crippen LogP contribution in [0.5, 0.6) is 0 Å². The number of fused-ring (bicyclic) bond motifs is 2. The molecule has 2 saturated carbocycles. The van der Waals surface area contributed by atoms with Gasteiger partial charge in [-0.25, -0.2) is 0 Å². The summed E-state index contributed by atoms with van der Waals surface area (Å²) in [5, 5.41) is 8.10. The van der Waals surface area contributed by atoms with Crippen LogP contribution in [-0.4, -0.2) is 16.5 Å². The molecular weight excluding hydrogens is 176 g/mol. The number of alkyl halides is 1. The smallest absolute Gasteiger partial charge is 0.321 e. The lowest BCUT2D eigenvalue weighted by Gasteiger charge is -2.23. The number of hydrogen-bond donors (Lipinski definition) is 1. The maximum atomic E-state index is 10.6. The van der Waals surface area contributed by atoms with Crippen LogP contribution in [0.15, 0.2) is 0 Å². The fraction of sp³-hybridized carbons (Fsp3) is 0.889. The van der Waals surface area contributed by atoms with Crippen LogP contribution in [-0.2, 0) is 4.79 Å². The minimum atomic E-state index is -0.839. The van der Waals surface area contributed by atoms with Gasteiger partial charge in [0.2, 0.25) is 0 Å². The molecule has 0 aromatic heterocycles. The predicted molar refractivity (Wildman–Crippen MR) is 46.2 cm³/mol. The summed E-state index contributed by atoms with van der Waals surface area (Å²) in [6, 6.07) is 0. The van der Waals surface area contributed by atoms with Crippen molar-refractivity contribution < 1.29 is 9.90 Å². The Labute approximate surface area is 76.9 Å². The van der Waals surface area contributed by atoms with Crippen LogP contribution in [0.1, 0.15) is 25.7 Å². The molecule has 12 heavy (non-hydrogen) atoms. The highest BCUT2D eigenvalue weighted by Gasteiger charge is 2.44. The van der Waals surface area contributed by atoms with Gasteiger partial charge in [0.05, 0.1) is 0 Å². The zero-order valence-corrected chi connectivity index (χ0v) is 7.63. The summed E-state index contributed by atoms with van der Waals surface area (Å²) >= 11 is 5.82. The molecule has 2 aliphatic carbocycles. The van der Waals surface area contributed by atoms with Crippen LogP contribution in [0.25, 0.3) is 0 Å². The Morgan fingerprint density at radius 3 is 2.58 bits per heavy atom. The highest BCUT2D eigenvalue weighted by molar-refractivity contribution is 6.29. The molecule has 0 aromatic carbocycles. The number of carboxylic acid groups (broad SMARTS) is 1. The standard InChI is InChI=1S/C9H13ClO2/c10-8(9(11)12)7-4-5-1-2-6(7)3-5/h5-8H,1-4H2,(H,11,12)/t5-,6-,7-,8?/m0/s1. The monoisotopic (exact) mass is 188 g/mol. The van der Waals surface area contributed by atoms with Crippen molar-refractivity contribution in [2.75, 3.05) is 0 Å². The normalized spacial score (nSPS) is 41.6. The molecule has 4 atom stereocenters. The third-order valence-electron chi connectivity index (χ3n) is 3.40. The largest absolute Gasteiger partial charge is 0.480 e. The van der Waals surface area contributed by atoms with Crippen molar-refractivity contribution in [2.45, 2.75) is 31.1 Å². The van der Waals surface area contributed by atoms with Crippen molar-refractivity contribution in [3.8, 4) is 0 Å². The number of rotatable bonds is 2. The summed E-state index contributed by atoms with van der Waals surface area (Å²) in [7, 11) is 0. The summed E-state index contributed by atoms with van der Waals surface area (Å²) in [5.74, 6) is 0.798. The van der Waals surface area contributed by atoms with Gasteiger partial charge in [-0.1, -0.05) is 6.42 Å². The van der Waals surface area contributed by atoms with Crippen LogP contribution in [0, 0.1) is 17.8 Å². The van der Waals surface area contributed by atoms with E-state index in [0.29, 0.717) is 5.92 Å². The van der Waals surface area contributed by atoms with Gasteiger partial charge in [-0.15, -0.1) is 11.6 Å². The molecule has 0 radical (unpaired) electrons. The second kappa shape index (κ2) is 2.91. The van der Waals surface area contributed by atoms with Crippen molar-refractivity contribution >= 4 is 17.6 Å². The van der Waals surface area contributed by atoms with Gasteiger partial charge in [0.1, 0.15) is 5.38 Å². The number of carbonyl (C=O) groups is 1. The molecule has 2 aliphatic rings. The molecule has 68 valence electrons. The van der Waals surface area contributed by atoms with E-state index in [0.717, 1.165) is 12.3 Å². The molecule has 2 rings (SSSR count). The van der Waals surface area contributed by atoms with Crippen molar-refractivity contribution in [1.82, 2.24) is 0 Å². The number of carboxylic acids is 1. The van der Waals surface area contributed by atoms with Crippen LogP contribution in [0.2, 0.25) is 0 Å². The number of hydrogen-bond acceptors (Lipinski definition) is 1. The minimum Gasteiger partial charge on any atom is -0.480 e. The summed E-state index contributed by atoms with van der Waals surface area (Å²) in [6.07, 6.45) is 4.77. The van der Waals surface area contributed by atoms with E-state index in [1.165, 1.54) is 19.3 Å². The minimum absolute atomic E-state index is 0.253. The van der Waals surface area contributed by atoms with Gasteiger partial charge in [0.15, 0.2) is 0 Å². The average Bonchev–Trinajstić information content (AvgIpc) is 2.62. The van der Waals surface area contributed by atoms with Gasteiger partial charge in [0, 0.05) is 0 Å². The Hall–Kier alpha value is -0.240. The molecule has 2 fully saturated rings. The van der Waals surface area contributed by atoms with E-state index in [9.17, 15) is 4.79 Å². The Balaban J connectivity index is 2.02. The predicted octanol–water partition coefficient (Wildman–Crippen LogP) is 2.11. The SMILES string of the molecule is O=C(O)C(Cl)[C@H]1C[C@H]2CC[C@H]1C2. The van der Waals surface area contributed by atoms with Gasteiger partial charge in [0.25, 0.3) is 0 Å². The van der Waals surface area contributed by atoms with Crippen LogP contribution < -0.4 is 0 Å². The fourth-order valence-electron chi connectivity index (χ4n) is 2.84. The first-order valence-corrected chi connectivity index (χ1v) is 4.99. The molecule has 0 aliphatic heterocycles. The molecule has 2 bridgehead atoms. The lowest BCUT2D eigenvalue weighted by atomic mass is 9.86. The summed E-state index contributed by atoms with van der Waals surface area (Å²) < 4.78 is 0. The zero-order valence-electron chi connectivity index (χ0n) is 6.87. The average molecular weight is 189 g/mol. The lowest BCUT2D eigenvalue weighted by Crippen LogP contribution is -2.28. The van der Waals surface area contributed by atoms with E-state index in [1.54, 1.807) is 0 Å². The summed E-state index contributed by atoms with van der Waals surface area (Å²) in [4.78, 5) is 10.6. The Morgan fingerprint density at radius 2 is 2.17 bits per heavy atom. The van der Waals surface area contributed by atoms with E-state index in [4.69, 9.17) is 16.7 Å². The van der Waals surface area contributed by atoms with Gasteiger partial charge in [-0.05, 0) is 37.0 Å². The Bertz CT molecular complexity index is 205. The highest BCUT2D eigenvalue weighted by Crippen LogP contribution is 2.50.